The van der Waals surface area contributed by atoms with Gasteiger partial charge in [0.1, 0.15) is 11.2 Å². The largest absolute Gasteiger partial charge is 0.493 e. The fourth-order valence-electron chi connectivity index (χ4n) is 4.53. The van der Waals surface area contributed by atoms with Crippen molar-refractivity contribution >= 4 is 39.2 Å². The van der Waals surface area contributed by atoms with Gasteiger partial charge in [0.05, 0.1) is 30.5 Å². The van der Waals surface area contributed by atoms with Gasteiger partial charge in [-0.1, -0.05) is 53.8 Å². The lowest BCUT2D eigenvalue weighted by Gasteiger charge is -2.23. The molecule has 1 N–H and O–H groups in total. The number of fused-ring (bicyclic) bond motifs is 2. The number of benzene rings is 2. The Morgan fingerprint density at radius 3 is 2.39 bits per heavy atom. The Balaban J connectivity index is 1.27. The van der Waals surface area contributed by atoms with Crippen LogP contribution < -0.4 is 10.1 Å². The minimum Gasteiger partial charge on any atom is -0.493 e. The van der Waals surface area contributed by atoms with Gasteiger partial charge in [-0.2, -0.15) is 0 Å². The Hall–Kier alpha value is -4.70. The molecule has 0 saturated heterocycles. The molecule has 0 saturated carbocycles. The summed E-state index contributed by atoms with van der Waals surface area (Å²) in [6, 6.07) is 20.3. The molecule has 0 bridgehead atoms. The summed E-state index contributed by atoms with van der Waals surface area (Å²) in [6.45, 7) is 0.189. The molecule has 4 heterocycles. The van der Waals surface area contributed by atoms with E-state index in [4.69, 9.17) is 9.72 Å². The molecule has 5 aromatic rings. The first-order valence-electron chi connectivity index (χ1n) is 12.0. The number of anilines is 1. The maximum atomic E-state index is 13.0. The average Bonchev–Trinajstić information content (AvgIpc) is 3.52. The number of rotatable bonds is 8. The van der Waals surface area contributed by atoms with Crippen LogP contribution in [0.15, 0.2) is 79.1 Å². The van der Waals surface area contributed by atoms with Crippen LogP contribution in [0.2, 0.25) is 0 Å². The van der Waals surface area contributed by atoms with Gasteiger partial charge in [-0.15, -0.1) is 10.2 Å². The van der Waals surface area contributed by atoms with Crippen molar-refractivity contribution in [3.8, 4) is 16.5 Å². The highest BCUT2D eigenvalue weighted by Crippen LogP contribution is 2.30. The van der Waals surface area contributed by atoms with Crippen molar-refractivity contribution < 1.29 is 14.3 Å². The van der Waals surface area contributed by atoms with Crippen LogP contribution in [-0.4, -0.2) is 56.6 Å². The van der Waals surface area contributed by atoms with Gasteiger partial charge >= 0.3 is 0 Å². The molecule has 1 atom stereocenters. The van der Waals surface area contributed by atoms with E-state index in [2.05, 4.69) is 20.5 Å². The van der Waals surface area contributed by atoms with Crippen LogP contribution in [0.4, 0.5) is 5.13 Å². The molecule has 0 radical (unpaired) electrons. The van der Waals surface area contributed by atoms with Crippen LogP contribution in [0.25, 0.3) is 21.6 Å². The number of amides is 2. The van der Waals surface area contributed by atoms with Crippen molar-refractivity contribution in [3.05, 3.63) is 95.8 Å². The lowest BCUT2D eigenvalue weighted by Crippen LogP contribution is -2.41. The SMILES string of the molecule is COc1cncc2ccc(-c3nnc(N[C@H](Cc4ccccc4)CN4C(=O)c5ccccc5C4=O)s3)nc12. The topological polar surface area (TPSA) is 110 Å². The third-order valence-electron chi connectivity index (χ3n) is 6.36. The minimum atomic E-state index is -0.285. The second-order valence-electron chi connectivity index (χ2n) is 8.82. The van der Waals surface area contributed by atoms with Crippen LogP contribution in [0.1, 0.15) is 26.3 Å². The molecular weight excluding hydrogens is 500 g/mol. The summed E-state index contributed by atoms with van der Waals surface area (Å²) in [6.07, 6.45) is 3.94. The Morgan fingerprint density at radius 2 is 1.66 bits per heavy atom. The molecule has 10 heteroatoms. The van der Waals surface area contributed by atoms with Crippen LogP contribution in [0, 0.1) is 0 Å². The standard InChI is InChI=1S/C28H22N6O3S/c1-37-23-15-29-14-18-11-12-22(31-24(18)23)25-32-33-28(38-25)30-19(13-17-7-3-2-4-8-17)16-34-26(35)20-9-5-6-10-21(20)27(34)36/h2-12,14-15,19H,13,16H2,1H3,(H,30,33)/t19-/m1/s1. The molecule has 2 aromatic carbocycles. The van der Waals surface area contributed by atoms with Crippen molar-refractivity contribution in [2.75, 3.05) is 19.0 Å². The summed E-state index contributed by atoms with van der Waals surface area (Å²) >= 11 is 1.35. The van der Waals surface area contributed by atoms with E-state index in [0.29, 0.717) is 44.6 Å². The first kappa shape index (κ1) is 23.7. The predicted octanol–water partition coefficient (Wildman–Crippen LogP) is 4.48. The van der Waals surface area contributed by atoms with Gasteiger partial charge < -0.3 is 10.1 Å². The van der Waals surface area contributed by atoms with E-state index in [0.717, 1.165) is 10.9 Å². The van der Waals surface area contributed by atoms with E-state index < -0.39 is 0 Å². The molecule has 0 aliphatic carbocycles. The normalized spacial score (nSPS) is 13.6. The van der Waals surface area contributed by atoms with Gasteiger partial charge in [0.25, 0.3) is 11.8 Å². The Bertz CT molecular complexity index is 1620. The fraction of sp³-hybridized carbons (Fsp3) is 0.143. The third kappa shape index (κ3) is 4.46. The lowest BCUT2D eigenvalue weighted by molar-refractivity contribution is 0.0647. The molecule has 9 nitrogen and oxygen atoms in total. The van der Waals surface area contributed by atoms with Crippen molar-refractivity contribution in [1.82, 2.24) is 25.1 Å². The van der Waals surface area contributed by atoms with Crippen LogP contribution in [-0.2, 0) is 6.42 Å². The number of imide groups is 1. The predicted molar refractivity (Wildman–Crippen MR) is 144 cm³/mol. The van der Waals surface area contributed by atoms with Crippen molar-refractivity contribution in [2.45, 2.75) is 12.5 Å². The molecule has 1 aliphatic rings. The first-order chi connectivity index (χ1) is 18.6. The molecular formula is C28H22N6O3S. The van der Waals surface area contributed by atoms with Crippen LogP contribution in [0.3, 0.4) is 0 Å². The zero-order valence-electron chi connectivity index (χ0n) is 20.4. The maximum Gasteiger partial charge on any atom is 0.261 e. The summed E-state index contributed by atoms with van der Waals surface area (Å²) in [5.41, 5.74) is 3.29. The fourth-order valence-corrected chi connectivity index (χ4v) is 5.32. The van der Waals surface area contributed by atoms with E-state index in [1.54, 1.807) is 43.8 Å². The number of ether oxygens (including phenoxy) is 1. The van der Waals surface area contributed by atoms with Crippen LogP contribution in [0.5, 0.6) is 5.75 Å². The smallest absolute Gasteiger partial charge is 0.261 e. The molecule has 38 heavy (non-hydrogen) atoms. The van der Waals surface area contributed by atoms with Gasteiger partial charge in [-0.3, -0.25) is 19.5 Å². The minimum absolute atomic E-state index is 0.189. The van der Waals surface area contributed by atoms with Crippen molar-refractivity contribution in [1.29, 1.82) is 0 Å². The average molecular weight is 523 g/mol. The number of aromatic nitrogens is 4. The summed E-state index contributed by atoms with van der Waals surface area (Å²) < 4.78 is 5.41. The molecule has 3 aromatic heterocycles. The third-order valence-corrected chi connectivity index (χ3v) is 7.24. The quantitative estimate of drug-likeness (QED) is 0.297. The van der Waals surface area contributed by atoms with E-state index in [-0.39, 0.29) is 24.4 Å². The monoisotopic (exact) mass is 522 g/mol. The number of nitrogens with zero attached hydrogens (tertiary/aromatic N) is 5. The molecule has 2 amide bonds. The van der Waals surface area contributed by atoms with Gasteiger partial charge in [0.15, 0.2) is 10.8 Å². The van der Waals surface area contributed by atoms with Crippen molar-refractivity contribution in [3.63, 3.8) is 0 Å². The molecule has 0 unspecified atom stereocenters. The number of hydrogen-bond donors (Lipinski definition) is 1. The van der Waals surface area contributed by atoms with Gasteiger partial charge in [-0.05, 0) is 36.2 Å². The Kier molecular flexibility index (Phi) is 6.22. The van der Waals surface area contributed by atoms with E-state index in [1.807, 2.05) is 42.5 Å². The Labute approximate surface area is 222 Å². The van der Waals surface area contributed by atoms with Gasteiger partial charge in [0, 0.05) is 18.1 Å². The lowest BCUT2D eigenvalue weighted by atomic mass is 10.1. The number of carbonyl (C=O) groups excluding carboxylic acids is 2. The summed E-state index contributed by atoms with van der Waals surface area (Å²) in [7, 11) is 1.58. The summed E-state index contributed by atoms with van der Waals surface area (Å²) in [5, 5.41) is 14.1. The van der Waals surface area contributed by atoms with E-state index in [9.17, 15) is 9.59 Å². The number of pyridine rings is 2. The number of carbonyl (C=O) groups is 2. The van der Waals surface area contributed by atoms with Gasteiger partial charge in [0.2, 0.25) is 5.13 Å². The molecule has 0 spiro atoms. The van der Waals surface area contributed by atoms with Gasteiger partial charge in [-0.25, -0.2) is 4.98 Å². The molecule has 0 fully saturated rings. The Morgan fingerprint density at radius 1 is 0.921 bits per heavy atom. The number of hydrogen-bond acceptors (Lipinski definition) is 9. The van der Waals surface area contributed by atoms with Crippen molar-refractivity contribution in [2.24, 2.45) is 0 Å². The second-order valence-corrected chi connectivity index (χ2v) is 9.80. The first-order valence-corrected chi connectivity index (χ1v) is 12.8. The molecule has 6 rings (SSSR count). The van der Waals surface area contributed by atoms with E-state index >= 15 is 0 Å². The highest BCUT2D eigenvalue weighted by molar-refractivity contribution is 7.18. The molecule has 1 aliphatic heterocycles. The summed E-state index contributed by atoms with van der Waals surface area (Å²) in [5.74, 6) is 0.00973. The molecule has 188 valence electrons. The maximum absolute atomic E-state index is 13.0. The highest BCUT2D eigenvalue weighted by Gasteiger charge is 2.36. The van der Waals surface area contributed by atoms with E-state index in [1.165, 1.54) is 16.2 Å². The zero-order valence-corrected chi connectivity index (χ0v) is 21.2. The van der Waals surface area contributed by atoms with Crippen LogP contribution >= 0.6 is 11.3 Å². The summed E-state index contributed by atoms with van der Waals surface area (Å²) in [4.78, 5) is 36.2. The number of methoxy groups -OCH3 is 1. The number of nitrogens with one attached hydrogen (secondary N) is 1. The highest BCUT2D eigenvalue weighted by atomic mass is 32.1. The second kappa shape index (κ2) is 9.98. The zero-order chi connectivity index (χ0) is 26.1.